The Morgan fingerprint density at radius 2 is 1.37 bits per heavy atom. The molecule has 0 spiro atoms. The first kappa shape index (κ1) is 19.8. The molecule has 6 rings (SSSR count). The van der Waals surface area contributed by atoms with Crippen molar-refractivity contribution in [2.24, 2.45) is 5.92 Å². The zero-order chi connectivity index (χ0) is 20.3. The van der Waals surface area contributed by atoms with Crippen LogP contribution in [-0.2, 0) is 6.54 Å². The molecule has 0 radical (unpaired) electrons. The van der Waals surface area contributed by atoms with Crippen LogP contribution in [0.3, 0.4) is 0 Å². The fourth-order valence-corrected chi connectivity index (χ4v) is 5.77. The molecule has 1 N–H and O–H groups in total. The molecule has 30 heavy (non-hydrogen) atoms. The first-order valence-electron chi connectivity index (χ1n) is 11.1. The van der Waals surface area contributed by atoms with E-state index in [1.54, 1.807) is 0 Å². The summed E-state index contributed by atoms with van der Waals surface area (Å²) in [6, 6.07) is 31.2. The van der Waals surface area contributed by atoms with E-state index >= 15 is 0 Å². The van der Waals surface area contributed by atoms with Gasteiger partial charge in [-0.1, -0.05) is 90.5 Å². The standard InChI is InChI=1S/C27H29ClN2/c28-24-14-8-7-13-23(24)19-29-26-22-15-17-30(18-16-22)27(26)25(20-9-3-1-4-10-20)21-11-5-2-6-12-21/h1-14,22,25-27,29H,15-19H2/t26-,27+/m0/s1. The van der Waals surface area contributed by atoms with Crippen LogP contribution in [0.15, 0.2) is 84.9 Å². The van der Waals surface area contributed by atoms with Crippen LogP contribution in [0.4, 0.5) is 0 Å². The van der Waals surface area contributed by atoms with Crippen molar-refractivity contribution in [2.45, 2.75) is 37.4 Å². The van der Waals surface area contributed by atoms with E-state index in [0.29, 0.717) is 18.0 Å². The van der Waals surface area contributed by atoms with Gasteiger partial charge in [0.1, 0.15) is 0 Å². The van der Waals surface area contributed by atoms with Crippen molar-refractivity contribution in [1.82, 2.24) is 10.2 Å². The molecule has 2 bridgehead atoms. The Balaban J connectivity index is 1.50. The fourth-order valence-electron chi connectivity index (χ4n) is 5.57. The van der Waals surface area contributed by atoms with Gasteiger partial charge in [-0.05, 0) is 54.6 Å². The molecule has 0 saturated carbocycles. The number of nitrogens with zero attached hydrogens (tertiary/aromatic N) is 1. The van der Waals surface area contributed by atoms with Crippen LogP contribution < -0.4 is 5.32 Å². The van der Waals surface area contributed by atoms with Gasteiger partial charge in [0, 0.05) is 29.6 Å². The summed E-state index contributed by atoms with van der Waals surface area (Å²) in [5, 5.41) is 4.81. The van der Waals surface area contributed by atoms with Gasteiger partial charge >= 0.3 is 0 Å². The van der Waals surface area contributed by atoms with Gasteiger partial charge in [-0.25, -0.2) is 0 Å². The zero-order valence-corrected chi connectivity index (χ0v) is 18.0. The number of nitrogens with one attached hydrogen (secondary N) is 1. The van der Waals surface area contributed by atoms with Gasteiger partial charge in [-0.15, -0.1) is 0 Å². The molecule has 154 valence electrons. The molecule has 3 heterocycles. The van der Waals surface area contributed by atoms with Gasteiger partial charge in [0.05, 0.1) is 0 Å². The van der Waals surface area contributed by atoms with E-state index in [-0.39, 0.29) is 0 Å². The van der Waals surface area contributed by atoms with Crippen LogP contribution in [0.5, 0.6) is 0 Å². The van der Waals surface area contributed by atoms with Crippen LogP contribution >= 0.6 is 11.6 Å². The van der Waals surface area contributed by atoms with E-state index in [9.17, 15) is 0 Å². The SMILES string of the molecule is Clc1ccccc1CN[C@H]1C2CCN(CC2)[C@@H]1C(c1ccccc1)c1ccccc1. The Kier molecular flexibility index (Phi) is 5.90. The van der Waals surface area contributed by atoms with E-state index in [1.807, 2.05) is 12.1 Å². The Labute approximate surface area is 184 Å². The van der Waals surface area contributed by atoms with Crippen LogP contribution in [0.1, 0.15) is 35.4 Å². The van der Waals surface area contributed by atoms with E-state index in [4.69, 9.17) is 11.6 Å². The molecular formula is C27H29ClN2. The van der Waals surface area contributed by atoms with Gasteiger partial charge in [0.2, 0.25) is 0 Å². The minimum Gasteiger partial charge on any atom is -0.308 e. The second kappa shape index (κ2) is 8.93. The quantitative estimate of drug-likeness (QED) is 0.552. The Hall–Kier alpha value is -2.13. The van der Waals surface area contributed by atoms with E-state index in [0.717, 1.165) is 17.5 Å². The van der Waals surface area contributed by atoms with Crippen molar-refractivity contribution in [3.63, 3.8) is 0 Å². The summed E-state index contributed by atoms with van der Waals surface area (Å²) in [6.45, 7) is 3.23. The van der Waals surface area contributed by atoms with E-state index in [1.165, 1.54) is 42.6 Å². The number of halogens is 1. The van der Waals surface area contributed by atoms with Crippen molar-refractivity contribution < 1.29 is 0 Å². The van der Waals surface area contributed by atoms with Gasteiger partial charge in [-0.2, -0.15) is 0 Å². The summed E-state index contributed by atoms with van der Waals surface area (Å²) in [5.41, 5.74) is 4.00. The van der Waals surface area contributed by atoms with Gasteiger partial charge in [-0.3, -0.25) is 4.90 Å². The normalized spacial score (nSPS) is 25.5. The summed E-state index contributed by atoms with van der Waals surface area (Å²) in [6.07, 6.45) is 2.57. The van der Waals surface area contributed by atoms with Crippen molar-refractivity contribution in [1.29, 1.82) is 0 Å². The van der Waals surface area contributed by atoms with Crippen molar-refractivity contribution in [3.05, 3.63) is 107 Å². The molecule has 3 aliphatic heterocycles. The molecule has 0 aromatic heterocycles. The van der Waals surface area contributed by atoms with Crippen molar-refractivity contribution >= 4 is 11.6 Å². The maximum Gasteiger partial charge on any atom is 0.0450 e. The molecule has 0 amide bonds. The predicted molar refractivity (Wildman–Crippen MR) is 125 cm³/mol. The number of rotatable bonds is 6. The molecule has 3 aromatic carbocycles. The minimum atomic E-state index is 0.360. The second-order valence-corrected chi connectivity index (χ2v) is 9.07. The number of hydrogen-bond acceptors (Lipinski definition) is 2. The Morgan fingerprint density at radius 1 is 0.800 bits per heavy atom. The molecule has 0 unspecified atom stereocenters. The van der Waals surface area contributed by atoms with Crippen LogP contribution in [0, 0.1) is 5.92 Å². The predicted octanol–water partition coefficient (Wildman–Crippen LogP) is 5.72. The molecule has 3 heteroatoms. The highest BCUT2D eigenvalue weighted by Crippen LogP contribution is 2.42. The topological polar surface area (TPSA) is 15.3 Å². The van der Waals surface area contributed by atoms with Crippen LogP contribution in [0.2, 0.25) is 5.02 Å². The number of benzene rings is 3. The summed E-state index contributed by atoms with van der Waals surface area (Å²) in [4.78, 5) is 2.73. The summed E-state index contributed by atoms with van der Waals surface area (Å²) >= 11 is 6.46. The number of hydrogen-bond donors (Lipinski definition) is 1. The Morgan fingerprint density at radius 3 is 1.97 bits per heavy atom. The van der Waals surface area contributed by atoms with Gasteiger partial charge in [0.15, 0.2) is 0 Å². The summed E-state index contributed by atoms with van der Waals surface area (Å²) < 4.78 is 0. The average Bonchev–Trinajstić information content (AvgIpc) is 2.81. The molecular weight excluding hydrogens is 388 g/mol. The van der Waals surface area contributed by atoms with Gasteiger partial charge in [0.25, 0.3) is 0 Å². The molecule has 2 atom stereocenters. The summed E-state index contributed by atoms with van der Waals surface area (Å²) in [7, 11) is 0. The highest BCUT2D eigenvalue weighted by molar-refractivity contribution is 6.31. The second-order valence-electron chi connectivity index (χ2n) is 8.66. The number of fused-ring (bicyclic) bond motifs is 3. The lowest BCUT2D eigenvalue weighted by Gasteiger charge is -2.54. The third kappa shape index (κ3) is 3.92. The maximum absolute atomic E-state index is 6.46. The molecule has 3 fully saturated rings. The first-order valence-corrected chi connectivity index (χ1v) is 11.5. The molecule has 3 saturated heterocycles. The lowest BCUT2D eigenvalue weighted by atomic mass is 9.70. The summed E-state index contributed by atoms with van der Waals surface area (Å²) in [5.74, 6) is 1.08. The monoisotopic (exact) mass is 416 g/mol. The largest absolute Gasteiger partial charge is 0.308 e. The van der Waals surface area contributed by atoms with Crippen molar-refractivity contribution in [3.8, 4) is 0 Å². The lowest BCUT2D eigenvalue weighted by molar-refractivity contribution is 0.00468. The molecule has 3 aliphatic rings. The molecule has 0 aliphatic carbocycles. The van der Waals surface area contributed by atoms with Crippen LogP contribution in [0.25, 0.3) is 0 Å². The highest BCUT2D eigenvalue weighted by atomic mass is 35.5. The third-order valence-corrected chi connectivity index (χ3v) is 7.39. The fraction of sp³-hybridized carbons (Fsp3) is 0.333. The van der Waals surface area contributed by atoms with E-state index in [2.05, 4.69) is 83.0 Å². The third-order valence-electron chi connectivity index (χ3n) is 7.02. The van der Waals surface area contributed by atoms with Gasteiger partial charge < -0.3 is 5.32 Å². The average molecular weight is 417 g/mol. The van der Waals surface area contributed by atoms with Crippen molar-refractivity contribution in [2.75, 3.05) is 13.1 Å². The van der Waals surface area contributed by atoms with Crippen LogP contribution in [-0.4, -0.2) is 30.1 Å². The maximum atomic E-state index is 6.46. The first-order chi connectivity index (χ1) is 14.8. The lowest BCUT2D eigenvalue weighted by Crippen LogP contribution is -2.64. The Bertz CT molecular complexity index is 911. The number of piperidine rings is 3. The molecule has 2 nitrogen and oxygen atoms in total. The minimum absolute atomic E-state index is 0.360. The van der Waals surface area contributed by atoms with E-state index < -0.39 is 0 Å². The smallest absolute Gasteiger partial charge is 0.0450 e. The molecule has 3 aromatic rings. The zero-order valence-electron chi connectivity index (χ0n) is 17.3. The highest BCUT2D eigenvalue weighted by Gasteiger charge is 2.46.